The number of halogens is 1. The Morgan fingerprint density at radius 1 is 1.33 bits per heavy atom. The monoisotopic (exact) mass is 359 g/mol. The number of hydrogen-bond donors (Lipinski definition) is 2. The summed E-state index contributed by atoms with van der Waals surface area (Å²) in [6, 6.07) is 3.98. The molecule has 1 aromatic rings. The van der Waals surface area contributed by atoms with Crippen molar-refractivity contribution in [2.45, 2.75) is 39.8 Å². The van der Waals surface area contributed by atoms with Crippen molar-refractivity contribution in [2.75, 3.05) is 20.3 Å². The molecule has 0 aromatic heterocycles. The van der Waals surface area contributed by atoms with Crippen LogP contribution in [0.5, 0.6) is 11.5 Å². The molecule has 0 aliphatic rings. The molecule has 0 radical (unpaired) electrons. The first-order chi connectivity index (χ1) is 9.97. The molecule has 1 rings (SSSR count). The van der Waals surface area contributed by atoms with Crippen LogP contribution in [-0.4, -0.2) is 31.5 Å². The number of methoxy groups -OCH3 is 1. The van der Waals surface area contributed by atoms with Crippen molar-refractivity contribution in [1.82, 2.24) is 5.32 Å². The Bertz CT molecular complexity index is 438. The molecule has 0 bridgehead atoms. The first kappa shape index (κ1) is 18.3. The van der Waals surface area contributed by atoms with E-state index < -0.39 is 6.10 Å². The molecule has 5 heteroatoms. The first-order valence-electron chi connectivity index (χ1n) is 7.35. The number of benzene rings is 1. The van der Waals surface area contributed by atoms with Gasteiger partial charge in [0.1, 0.15) is 6.61 Å². The Balaban J connectivity index is 2.76. The Hall–Kier alpha value is -0.780. The smallest absolute Gasteiger partial charge is 0.175 e. The normalized spacial score (nSPS) is 12.5. The molecule has 1 aromatic carbocycles. The van der Waals surface area contributed by atoms with Crippen LogP contribution in [-0.2, 0) is 6.54 Å². The quantitative estimate of drug-likeness (QED) is 0.709. The fraction of sp³-hybridized carbons (Fsp3) is 0.625. The average molecular weight is 360 g/mol. The second-order valence-corrected chi connectivity index (χ2v) is 6.36. The Kier molecular flexibility index (Phi) is 8.07. The number of aliphatic hydroxyl groups excluding tert-OH is 1. The molecule has 0 saturated carbocycles. The molecule has 1 unspecified atom stereocenters. The Morgan fingerprint density at radius 3 is 2.62 bits per heavy atom. The van der Waals surface area contributed by atoms with Gasteiger partial charge < -0.3 is 19.9 Å². The molecule has 0 heterocycles. The molecule has 1 atom stereocenters. The SMILES string of the molecule is CCC(O)COc1c(Br)cc(CNCC(C)C)cc1OC. The second kappa shape index (κ2) is 9.28. The van der Waals surface area contributed by atoms with E-state index in [0.717, 1.165) is 23.1 Å². The first-order valence-corrected chi connectivity index (χ1v) is 8.15. The summed E-state index contributed by atoms with van der Waals surface area (Å²) in [5.41, 5.74) is 1.13. The van der Waals surface area contributed by atoms with Crippen LogP contribution in [0.2, 0.25) is 0 Å². The van der Waals surface area contributed by atoms with Crippen LogP contribution in [0.4, 0.5) is 0 Å². The Labute approximate surface area is 136 Å². The van der Waals surface area contributed by atoms with Crippen molar-refractivity contribution >= 4 is 15.9 Å². The van der Waals surface area contributed by atoms with Crippen LogP contribution in [0.15, 0.2) is 16.6 Å². The molecule has 2 N–H and O–H groups in total. The summed E-state index contributed by atoms with van der Waals surface area (Å²) in [5.74, 6) is 1.93. The van der Waals surface area contributed by atoms with Gasteiger partial charge in [-0.2, -0.15) is 0 Å². The van der Waals surface area contributed by atoms with Crippen LogP contribution in [0.25, 0.3) is 0 Å². The zero-order valence-electron chi connectivity index (χ0n) is 13.3. The Morgan fingerprint density at radius 2 is 2.05 bits per heavy atom. The number of hydrogen-bond acceptors (Lipinski definition) is 4. The fourth-order valence-electron chi connectivity index (χ4n) is 1.82. The number of ether oxygens (including phenoxy) is 2. The number of aliphatic hydroxyl groups is 1. The van der Waals surface area contributed by atoms with E-state index in [1.54, 1.807) is 7.11 Å². The van der Waals surface area contributed by atoms with Crippen molar-refractivity contribution in [1.29, 1.82) is 0 Å². The zero-order chi connectivity index (χ0) is 15.8. The average Bonchev–Trinajstić information content (AvgIpc) is 2.44. The van der Waals surface area contributed by atoms with Crippen molar-refractivity contribution in [3.63, 3.8) is 0 Å². The van der Waals surface area contributed by atoms with Gasteiger partial charge in [-0.15, -0.1) is 0 Å². The van der Waals surface area contributed by atoms with Crippen molar-refractivity contribution < 1.29 is 14.6 Å². The predicted octanol–water partition coefficient (Wildman–Crippen LogP) is 3.35. The van der Waals surface area contributed by atoms with Crippen LogP contribution in [0, 0.1) is 5.92 Å². The molecule has 0 spiro atoms. The van der Waals surface area contributed by atoms with Gasteiger partial charge in [-0.05, 0) is 52.5 Å². The van der Waals surface area contributed by atoms with E-state index in [1.165, 1.54) is 0 Å². The van der Waals surface area contributed by atoms with Crippen molar-refractivity contribution in [2.24, 2.45) is 5.92 Å². The van der Waals surface area contributed by atoms with Gasteiger partial charge in [0.2, 0.25) is 0 Å². The minimum absolute atomic E-state index is 0.260. The molecule has 0 aliphatic heterocycles. The van der Waals surface area contributed by atoms with Crippen LogP contribution in [0.3, 0.4) is 0 Å². The highest BCUT2D eigenvalue weighted by Crippen LogP contribution is 2.36. The molecular weight excluding hydrogens is 334 g/mol. The molecular formula is C16H26BrNO3. The standard InChI is InChI=1S/C16H26BrNO3/c1-5-13(19)10-21-16-14(17)6-12(7-15(16)20-4)9-18-8-11(2)3/h6-7,11,13,18-19H,5,8-10H2,1-4H3. The van der Waals surface area contributed by atoms with Gasteiger partial charge in [0, 0.05) is 6.54 Å². The molecule has 0 saturated heterocycles. The molecule has 21 heavy (non-hydrogen) atoms. The summed E-state index contributed by atoms with van der Waals surface area (Å²) < 4.78 is 11.9. The summed E-state index contributed by atoms with van der Waals surface area (Å²) >= 11 is 3.52. The summed E-state index contributed by atoms with van der Waals surface area (Å²) in [4.78, 5) is 0. The minimum Gasteiger partial charge on any atom is -0.493 e. The summed E-state index contributed by atoms with van der Waals surface area (Å²) in [7, 11) is 1.62. The fourth-order valence-corrected chi connectivity index (χ4v) is 2.42. The third-order valence-corrected chi connectivity index (χ3v) is 3.65. The molecule has 4 nitrogen and oxygen atoms in total. The van der Waals surface area contributed by atoms with Gasteiger partial charge in [0.25, 0.3) is 0 Å². The van der Waals surface area contributed by atoms with E-state index in [2.05, 4.69) is 35.1 Å². The van der Waals surface area contributed by atoms with Gasteiger partial charge in [0.15, 0.2) is 11.5 Å². The van der Waals surface area contributed by atoms with E-state index in [1.807, 2.05) is 19.1 Å². The highest BCUT2D eigenvalue weighted by molar-refractivity contribution is 9.10. The maximum absolute atomic E-state index is 9.61. The largest absolute Gasteiger partial charge is 0.493 e. The summed E-state index contributed by atoms with van der Waals surface area (Å²) in [5, 5.41) is 13.0. The van der Waals surface area contributed by atoms with Crippen molar-refractivity contribution in [3.8, 4) is 11.5 Å². The van der Waals surface area contributed by atoms with Crippen LogP contribution >= 0.6 is 15.9 Å². The van der Waals surface area contributed by atoms with Gasteiger partial charge in [-0.25, -0.2) is 0 Å². The molecule has 0 fully saturated rings. The lowest BCUT2D eigenvalue weighted by Crippen LogP contribution is -2.19. The van der Waals surface area contributed by atoms with E-state index in [9.17, 15) is 5.11 Å². The lowest BCUT2D eigenvalue weighted by Gasteiger charge is -2.16. The van der Waals surface area contributed by atoms with E-state index >= 15 is 0 Å². The molecule has 120 valence electrons. The minimum atomic E-state index is -0.464. The van der Waals surface area contributed by atoms with E-state index in [4.69, 9.17) is 9.47 Å². The van der Waals surface area contributed by atoms with Gasteiger partial charge in [0.05, 0.1) is 17.7 Å². The maximum Gasteiger partial charge on any atom is 0.175 e. The summed E-state index contributed by atoms with van der Waals surface area (Å²) in [6.45, 7) is 8.30. The van der Waals surface area contributed by atoms with Crippen LogP contribution in [0.1, 0.15) is 32.8 Å². The summed E-state index contributed by atoms with van der Waals surface area (Å²) in [6.07, 6.45) is 0.200. The van der Waals surface area contributed by atoms with E-state index in [0.29, 0.717) is 23.8 Å². The van der Waals surface area contributed by atoms with E-state index in [-0.39, 0.29) is 6.61 Å². The molecule has 0 aliphatic carbocycles. The lowest BCUT2D eigenvalue weighted by molar-refractivity contribution is 0.102. The maximum atomic E-state index is 9.61. The third kappa shape index (κ3) is 6.24. The third-order valence-electron chi connectivity index (χ3n) is 3.06. The lowest BCUT2D eigenvalue weighted by atomic mass is 10.1. The van der Waals surface area contributed by atoms with Gasteiger partial charge >= 0.3 is 0 Å². The van der Waals surface area contributed by atoms with Gasteiger partial charge in [-0.1, -0.05) is 20.8 Å². The second-order valence-electron chi connectivity index (χ2n) is 5.51. The topological polar surface area (TPSA) is 50.7 Å². The zero-order valence-corrected chi connectivity index (χ0v) is 14.9. The predicted molar refractivity (Wildman–Crippen MR) is 89.0 cm³/mol. The highest BCUT2D eigenvalue weighted by atomic mass is 79.9. The number of rotatable bonds is 9. The van der Waals surface area contributed by atoms with Crippen LogP contribution < -0.4 is 14.8 Å². The molecule has 0 amide bonds. The highest BCUT2D eigenvalue weighted by Gasteiger charge is 2.13. The number of nitrogens with one attached hydrogen (secondary N) is 1. The van der Waals surface area contributed by atoms with Gasteiger partial charge in [-0.3, -0.25) is 0 Å². The van der Waals surface area contributed by atoms with Crippen molar-refractivity contribution in [3.05, 3.63) is 22.2 Å².